The largest absolute Gasteiger partial charge is 0.344 e. The van der Waals surface area contributed by atoms with Gasteiger partial charge >= 0.3 is 0 Å². The van der Waals surface area contributed by atoms with Crippen LogP contribution in [0.2, 0.25) is 0 Å². The Balaban J connectivity index is 1.45. The summed E-state index contributed by atoms with van der Waals surface area (Å²) in [6, 6.07) is 5.76. The lowest BCUT2D eigenvalue weighted by Gasteiger charge is -2.56. The first-order valence-corrected chi connectivity index (χ1v) is 11.1. The minimum Gasteiger partial charge on any atom is -0.344 e. The van der Waals surface area contributed by atoms with Gasteiger partial charge < -0.3 is 10.2 Å². The molecule has 0 spiro atoms. The molecule has 0 aromatic heterocycles. The number of nitrogens with zero attached hydrogens (tertiary/aromatic N) is 1. The zero-order chi connectivity index (χ0) is 20.8. The molecule has 4 aliphatic carbocycles. The molecule has 4 saturated carbocycles. The molecule has 0 heterocycles. The predicted octanol–water partition coefficient (Wildman–Crippen LogP) is 4.14. The van der Waals surface area contributed by atoms with Crippen LogP contribution in [0.25, 0.3) is 0 Å². The maximum atomic E-state index is 13.5. The lowest BCUT2D eigenvalue weighted by atomic mass is 9.49. The van der Waals surface area contributed by atoms with Crippen molar-refractivity contribution in [2.24, 2.45) is 29.1 Å². The molecule has 29 heavy (non-hydrogen) atoms. The van der Waals surface area contributed by atoms with Crippen molar-refractivity contribution in [1.29, 1.82) is 0 Å². The van der Waals surface area contributed by atoms with E-state index < -0.39 is 6.04 Å². The quantitative estimate of drug-likeness (QED) is 0.780. The number of carbonyl (C=O) groups is 2. The average Bonchev–Trinajstić information content (AvgIpc) is 2.64. The Hall–Kier alpha value is -1.91. The van der Waals surface area contributed by atoms with Gasteiger partial charge in [0.05, 0.1) is 0 Å². The molecule has 5 heteroatoms. The molecule has 1 atom stereocenters. The highest BCUT2D eigenvalue weighted by Gasteiger charge is 2.55. The summed E-state index contributed by atoms with van der Waals surface area (Å²) in [6.07, 6.45) is 6.83. The maximum Gasteiger partial charge on any atom is 0.245 e. The van der Waals surface area contributed by atoms with Gasteiger partial charge in [-0.1, -0.05) is 26.0 Å². The zero-order valence-corrected chi connectivity index (χ0v) is 17.8. The first-order valence-electron chi connectivity index (χ1n) is 11.1. The molecule has 4 fully saturated rings. The van der Waals surface area contributed by atoms with Crippen molar-refractivity contribution in [3.8, 4) is 0 Å². The van der Waals surface area contributed by atoms with E-state index in [1.165, 1.54) is 31.4 Å². The standard InChI is InChI=1S/C24H33FN2O2/c1-15(2)21(22(28)27(3)14-16-5-4-6-20(25)10-16)26-23(29)24-11-17-7-18(12-24)9-19(8-17)13-24/h4-6,10,15,17-19,21H,7-9,11-14H2,1-3H3,(H,26,29)/t17?,18?,19?,21-,24?/m1/s1. The highest BCUT2D eigenvalue weighted by molar-refractivity contribution is 5.90. The van der Waals surface area contributed by atoms with E-state index in [0.717, 1.165) is 24.8 Å². The van der Waals surface area contributed by atoms with E-state index >= 15 is 0 Å². The second kappa shape index (κ2) is 7.73. The smallest absolute Gasteiger partial charge is 0.245 e. The number of amides is 2. The molecule has 5 rings (SSSR count). The molecule has 0 radical (unpaired) electrons. The van der Waals surface area contributed by atoms with Gasteiger partial charge in [0.15, 0.2) is 0 Å². The second-order valence-corrected chi connectivity index (χ2v) is 10.2. The van der Waals surface area contributed by atoms with Crippen molar-refractivity contribution in [1.82, 2.24) is 10.2 Å². The van der Waals surface area contributed by atoms with Gasteiger partial charge in [0.25, 0.3) is 0 Å². The van der Waals surface area contributed by atoms with E-state index in [2.05, 4.69) is 5.32 Å². The van der Waals surface area contributed by atoms with Crippen LogP contribution < -0.4 is 5.32 Å². The topological polar surface area (TPSA) is 49.4 Å². The summed E-state index contributed by atoms with van der Waals surface area (Å²) in [6.45, 7) is 4.27. The Morgan fingerprint density at radius 1 is 1.14 bits per heavy atom. The van der Waals surface area contributed by atoms with Crippen molar-refractivity contribution < 1.29 is 14.0 Å². The minimum absolute atomic E-state index is 0.00433. The molecular weight excluding hydrogens is 367 g/mol. The number of carbonyl (C=O) groups excluding carboxylic acids is 2. The van der Waals surface area contributed by atoms with E-state index in [0.29, 0.717) is 24.3 Å². The Kier molecular flexibility index (Phi) is 5.43. The first-order chi connectivity index (χ1) is 13.8. The van der Waals surface area contributed by atoms with Crippen LogP contribution >= 0.6 is 0 Å². The number of benzene rings is 1. The van der Waals surface area contributed by atoms with E-state index in [1.54, 1.807) is 18.0 Å². The molecule has 0 saturated heterocycles. The van der Waals surface area contributed by atoms with Crippen molar-refractivity contribution in [2.45, 2.75) is 65.0 Å². The monoisotopic (exact) mass is 400 g/mol. The molecule has 2 amide bonds. The molecule has 0 aliphatic heterocycles. The molecule has 4 aliphatic rings. The Morgan fingerprint density at radius 2 is 1.72 bits per heavy atom. The normalized spacial score (nSPS) is 31.0. The molecule has 4 nitrogen and oxygen atoms in total. The number of hydrogen-bond acceptors (Lipinski definition) is 2. The van der Waals surface area contributed by atoms with E-state index in [-0.39, 0.29) is 29.0 Å². The number of likely N-dealkylation sites (N-methyl/N-ethyl adjacent to an activating group) is 1. The molecule has 1 N–H and O–H groups in total. The Labute approximate surface area is 173 Å². The van der Waals surface area contributed by atoms with E-state index in [1.807, 2.05) is 19.9 Å². The molecule has 4 bridgehead atoms. The third-order valence-corrected chi connectivity index (χ3v) is 7.42. The fourth-order valence-corrected chi connectivity index (χ4v) is 6.42. The van der Waals surface area contributed by atoms with Crippen LogP contribution in [-0.4, -0.2) is 29.8 Å². The average molecular weight is 401 g/mol. The van der Waals surface area contributed by atoms with Crippen molar-refractivity contribution >= 4 is 11.8 Å². The lowest BCUT2D eigenvalue weighted by molar-refractivity contribution is -0.150. The summed E-state index contributed by atoms with van der Waals surface area (Å²) in [5.74, 6) is 1.74. The zero-order valence-electron chi connectivity index (χ0n) is 17.8. The maximum absolute atomic E-state index is 13.5. The SMILES string of the molecule is CC(C)[C@@H](NC(=O)C12CC3CC(CC(C3)C1)C2)C(=O)N(C)Cc1cccc(F)c1. The molecule has 1 aromatic rings. The summed E-state index contributed by atoms with van der Waals surface area (Å²) >= 11 is 0. The fraction of sp³-hybridized carbons (Fsp3) is 0.667. The molecular formula is C24H33FN2O2. The van der Waals surface area contributed by atoms with Crippen LogP contribution in [0.5, 0.6) is 0 Å². The van der Waals surface area contributed by atoms with Gasteiger partial charge in [0, 0.05) is 19.0 Å². The van der Waals surface area contributed by atoms with Gasteiger partial charge in [0.2, 0.25) is 11.8 Å². The van der Waals surface area contributed by atoms with Gasteiger partial charge in [0.1, 0.15) is 11.9 Å². The third kappa shape index (κ3) is 4.06. The minimum atomic E-state index is -0.547. The molecule has 0 unspecified atom stereocenters. The Morgan fingerprint density at radius 3 is 2.24 bits per heavy atom. The Bertz CT molecular complexity index is 756. The van der Waals surface area contributed by atoms with Gasteiger partial charge in [-0.3, -0.25) is 9.59 Å². The summed E-state index contributed by atoms with van der Waals surface area (Å²) in [5, 5.41) is 3.15. The van der Waals surface area contributed by atoms with Crippen LogP contribution in [0.1, 0.15) is 57.9 Å². The highest BCUT2D eigenvalue weighted by Crippen LogP contribution is 2.60. The summed E-state index contributed by atoms with van der Waals surface area (Å²) in [5.41, 5.74) is 0.485. The summed E-state index contributed by atoms with van der Waals surface area (Å²) in [7, 11) is 1.72. The van der Waals surface area contributed by atoms with Gasteiger partial charge in [-0.15, -0.1) is 0 Å². The van der Waals surface area contributed by atoms with Crippen LogP contribution in [0.3, 0.4) is 0 Å². The van der Waals surface area contributed by atoms with Gasteiger partial charge in [-0.05, 0) is 79.9 Å². The van der Waals surface area contributed by atoms with Gasteiger partial charge in [-0.2, -0.15) is 0 Å². The van der Waals surface area contributed by atoms with Crippen molar-refractivity contribution in [3.05, 3.63) is 35.6 Å². The number of hydrogen-bond donors (Lipinski definition) is 1. The number of rotatable bonds is 6. The summed E-state index contributed by atoms with van der Waals surface area (Å²) < 4.78 is 13.5. The lowest BCUT2D eigenvalue weighted by Crippen LogP contribution is -2.58. The van der Waals surface area contributed by atoms with Crippen LogP contribution in [0, 0.1) is 34.9 Å². The second-order valence-electron chi connectivity index (χ2n) is 10.2. The predicted molar refractivity (Wildman–Crippen MR) is 110 cm³/mol. The van der Waals surface area contributed by atoms with E-state index in [4.69, 9.17) is 0 Å². The van der Waals surface area contributed by atoms with Crippen LogP contribution in [0.15, 0.2) is 24.3 Å². The van der Waals surface area contributed by atoms with Crippen LogP contribution in [-0.2, 0) is 16.1 Å². The van der Waals surface area contributed by atoms with Crippen molar-refractivity contribution in [2.75, 3.05) is 7.05 Å². The molecule has 158 valence electrons. The van der Waals surface area contributed by atoms with Gasteiger partial charge in [-0.25, -0.2) is 4.39 Å². The highest BCUT2D eigenvalue weighted by atomic mass is 19.1. The number of halogens is 1. The summed E-state index contributed by atoms with van der Waals surface area (Å²) in [4.78, 5) is 28.2. The molecule has 1 aromatic carbocycles. The van der Waals surface area contributed by atoms with E-state index in [9.17, 15) is 14.0 Å². The fourth-order valence-electron chi connectivity index (χ4n) is 6.42. The first kappa shape index (κ1) is 20.4. The van der Waals surface area contributed by atoms with Crippen molar-refractivity contribution in [3.63, 3.8) is 0 Å². The van der Waals surface area contributed by atoms with Crippen LogP contribution in [0.4, 0.5) is 4.39 Å². The third-order valence-electron chi connectivity index (χ3n) is 7.42. The number of nitrogens with one attached hydrogen (secondary N) is 1.